The fourth-order valence-corrected chi connectivity index (χ4v) is 3.59. The third-order valence-corrected chi connectivity index (χ3v) is 5.05. The van der Waals surface area contributed by atoms with Crippen LogP contribution in [-0.2, 0) is 24.4 Å². The molecule has 0 spiro atoms. The van der Waals surface area contributed by atoms with Crippen LogP contribution in [0.15, 0.2) is 53.5 Å². The lowest BCUT2D eigenvalue weighted by molar-refractivity contribution is -0.128. The minimum atomic E-state index is -0.249. The number of nitrogens with one attached hydrogen (secondary N) is 2. The van der Waals surface area contributed by atoms with Crippen LogP contribution in [0.1, 0.15) is 50.3 Å². The average Bonchev–Trinajstić information content (AvgIpc) is 3.13. The molecule has 1 aliphatic rings. The van der Waals surface area contributed by atoms with Gasteiger partial charge in [-0.2, -0.15) is 0 Å². The molecule has 174 valence electrons. The molecule has 0 atom stereocenters. The molecule has 2 aromatic carbocycles. The van der Waals surface area contributed by atoms with Crippen LogP contribution in [0, 0.1) is 0 Å². The van der Waals surface area contributed by atoms with E-state index in [1.165, 1.54) is 0 Å². The lowest BCUT2D eigenvalue weighted by atomic mass is 10.1. The van der Waals surface area contributed by atoms with Gasteiger partial charge in [-0.3, -0.25) is 9.79 Å². The molecule has 0 aromatic heterocycles. The van der Waals surface area contributed by atoms with E-state index in [4.69, 9.17) is 4.74 Å². The molecule has 2 aromatic rings. The van der Waals surface area contributed by atoms with E-state index in [1.807, 2.05) is 49.9 Å². The highest BCUT2D eigenvalue weighted by molar-refractivity contribution is 14.0. The van der Waals surface area contributed by atoms with Gasteiger partial charge >= 0.3 is 0 Å². The number of para-hydroxylation sites is 1. The number of likely N-dealkylation sites (tertiary alicyclic amines) is 1. The Balaban J connectivity index is 0.00000363. The molecule has 1 amide bonds. The van der Waals surface area contributed by atoms with Gasteiger partial charge in [0.25, 0.3) is 0 Å². The fraction of sp³-hybridized carbons (Fsp3) is 0.440. The maximum atomic E-state index is 11.9. The van der Waals surface area contributed by atoms with Gasteiger partial charge in [0.2, 0.25) is 5.91 Å². The summed E-state index contributed by atoms with van der Waals surface area (Å²) in [4.78, 5) is 18.2. The molecule has 1 heterocycles. The lowest BCUT2D eigenvalue weighted by Crippen LogP contribution is -2.36. The number of nitrogens with zero attached hydrogens (tertiary/aromatic N) is 2. The highest BCUT2D eigenvalue weighted by Crippen LogP contribution is 2.22. The van der Waals surface area contributed by atoms with Crippen LogP contribution in [0.3, 0.4) is 0 Å². The summed E-state index contributed by atoms with van der Waals surface area (Å²) in [6.45, 7) is 8.95. The zero-order valence-electron chi connectivity index (χ0n) is 19.5. The summed E-state index contributed by atoms with van der Waals surface area (Å²) >= 11 is 0. The second-order valence-electron chi connectivity index (χ2n) is 8.84. The van der Waals surface area contributed by atoms with Crippen LogP contribution < -0.4 is 15.4 Å². The first-order chi connectivity index (χ1) is 14.8. The number of hydrogen-bond acceptors (Lipinski definition) is 3. The monoisotopic (exact) mass is 550 g/mol. The first-order valence-corrected chi connectivity index (χ1v) is 10.9. The molecular weight excluding hydrogens is 515 g/mol. The van der Waals surface area contributed by atoms with Crippen molar-refractivity contribution in [3.63, 3.8) is 0 Å². The smallest absolute Gasteiger partial charge is 0.222 e. The van der Waals surface area contributed by atoms with Gasteiger partial charge in [-0.25, -0.2) is 0 Å². The molecule has 0 saturated carbocycles. The van der Waals surface area contributed by atoms with Crippen molar-refractivity contribution in [2.75, 3.05) is 13.6 Å². The highest BCUT2D eigenvalue weighted by atomic mass is 127. The Morgan fingerprint density at radius 3 is 2.47 bits per heavy atom. The van der Waals surface area contributed by atoms with E-state index in [9.17, 15) is 4.79 Å². The Labute approximate surface area is 208 Å². The summed E-state index contributed by atoms with van der Waals surface area (Å²) in [5.41, 5.74) is 3.15. The number of carbonyl (C=O) groups excluding carboxylic acids is 1. The van der Waals surface area contributed by atoms with E-state index in [2.05, 4.69) is 39.9 Å². The Morgan fingerprint density at radius 1 is 1.06 bits per heavy atom. The number of aliphatic imine (C=N–C) groups is 1. The van der Waals surface area contributed by atoms with E-state index in [-0.39, 0.29) is 35.5 Å². The maximum Gasteiger partial charge on any atom is 0.222 e. The van der Waals surface area contributed by atoms with Crippen molar-refractivity contribution >= 4 is 35.8 Å². The summed E-state index contributed by atoms with van der Waals surface area (Å²) in [7, 11) is 1.77. The van der Waals surface area contributed by atoms with Crippen molar-refractivity contribution in [2.45, 2.75) is 58.8 Å². The Morgan fingerprint density at radius 2 is 1.78 bits per heavy atom. The van der Waals surface area contributed by atoms with E-state index in [0.29, 0.717) is 26.1 Å². The predicted octanol–water partition coefficient (Wildman–Crippen LogP) is 4.47. The lowest BCUT2D eigenvalue weighted by Gasteiger charge is -2.23. The third-order valence-electron chi connectivity index (χ3n) is 5.05. The van der Waals surface area contributed by atoms with Crippen LogP contribution in [0.4, 0.5) is 0 Å². The predicted molar refractivity (Wildman–Crippen MR) is 140 cm³/mol. The second kappa shape index (κ2) is 12.1. The van der Waals surface area contributed by atoms with Crippen LogP contribution in [0.25, 0.3) is 0 Å². The molecule has 0 radical (unpaired) electrons. The fourth-order valence-electron chi connectivity index (χ4n) is 3.59. The normalized spacial score (nSPS) is 14.2. The van der Waals surface area contributed by atoms with Crippen LogP contribution in [0.5, 0.6) is 5.75 Å². The van der Waals surface area contributed by atoms with Crippen molar-refractivity contribution in [1.29, 1.82) is 0 Å². The number of carbonyl (C=O) groups is 1. The molecule has 1 fully saturated rings. The van der Waals surface area contributed by atoms with E-state index >= 15 is 0 Å². The van der Waals surface area contributed by atoms with Crippen molar-refractivity contribution in [2.24, 2.45) is 4.99 Å². The average molecular weight is 550 g/mol. The van der Waals surface area contributed by atoms with E-state index in [0.717, 1.165) is 41.4 Å². The van der Waals surface area contributed by atoms with Crippen molar-refractivity contribution < 1.29 is 9.53 Å². The van der Waals surface area contributed by atoms with Crippen molar-refractivity contribution in [3.05, 3.63) is 65.2 Å². The summed E-state index contributed by atoms with van der Waals surface area (Å²) in [6, 6.07) is 16.4. The number of amides is 1. The summed E-state index contributed by atoms with van der Waals surface area (Å²) in [6.07, 6.45) is 1.64. The first kappa shape index (κ1) is 26.0. The summed E-state index contributed by atoms with van der Waals surface area (Å²) < 4.78 is 6.08. The van der Waals surface area contributed by atoms with E-state index < -0.39 is 0 Å². The molecule has 6 nitrogen and oxygen atoms in total. The molecule has 1 saturated heterocycles. The minimum Gasteiger partial charge on any atom is -0.488 e. The zero-order chi connectivity index (χ0) is 22.3. The molecule has 0 bridgehead atoms. The van der Waals surface area contributed by atoms with Gasteiger partial charge in [-0.05, 0) is 44.4 Å². The molecule has 0 aliphatic carbocycles. The number of hydrogen-bond donors (Lipinski definition) is 2. The topological polar surface area (TPSA) is 66.0 Å². The number of halogens is 1. The van der Waals surface area contributed by atoms with Crippen LogP contribution in [0.2, 0.25) is 0 Å². The van der Waals surface area contributed by atoms with Gasteiger partial charge in [-0.15, -0.1) is 24.0 Å². The molecular formula is C25H35IN4O2. The molecule has 1 aliphatic heterocycles. The largest absolute Gasteiger partial charge is 0.488 e. The quantitative estimate of drug-likeness (QED) is 0.304. The minimum absolute atomic E-state index is 0. The highest BCUT2D eigenvalue weighted by Gasteiger charge is 2.20. The molecule has 2 N–H and O–H groups in total. The molecule has 0 unspecified atom stereocenters. The summed E-state index contributed by atoms with van der Waals surface area (Å²) in [5, 5.41) is 6.74. The van der Waals surface area contributed by atoms with Gasteiger partial charge in [0.05, 0.1) is 0 Å². The number of ether oxygens (including phenoxy) is 1. The Hall–Kier alpha value is -2.29. The SMILES string of the molecule is CN=C(NCc1cccc(CN2CCCC2=O)c1)NCc1ccccc1OC(C)(C)C.I. The number of rotatable bonds is 7. The maximum absolute atomic E-state index is 11.9. The standard InChI is InChI=1S/C25H34N4O2.HI/c1-25(2,3)31-22-12-6-5-11-21(22)17-28-24(26-4)27-16-19-9-7-10-20(15-19)18-29-14-8-13-23(29)30;/h5-7,9-12,15H,8,13-14,16-18H2,1-4H3,(H2,26,27,28);1H. The number of guanidine groups is 1. The molecule has 7 heteroatoms. The Bertz CT molecular complexity index is 924. The first-order valence-electron chi connectivity index (χ1n) is 10.9. The van der Waals surface area contributed by atoms with Gasteiger partial charge < -0.3 is 20.3 Å². The van der Waals surface area contributed by atoms with Gasteiger partial charge in [0, 0.05) is 45.2 Å². The second-order valence-corrected chi connectivity index (χ2v) is 8.84. The van der Waals surface area contributed by atoms with Gasteiger partial charge in [0.1, 0.15) is 11.4 Å². The molecule has 3 rings (SSSR count). The van der Waals surface area contributed by atoms with Gasteiger partial charge in [0.15, 0.2) is 5.96 Å². The van der Waals surface area contributed by atoms with E-state index in [1.54, 1.807) is 7.05 Å². The Kier molecular flexibility index (Phi) is 9.81. The van der Waals surface area contributed by atoms with Crippen molar-refractivity contribution in [1.82, 2.24) is 15.5 Å². The number of benzene rings is 2. The molecule has 32 heavy (non-hydrogen) atoms. The third kappa shape index (κ3) is 8.00. The van der Waals surface area contributed by atoms with Crippen molar-refractivity contribution in [3.8, 4) is 5.75 Å². The summed E-state index contributed by atoms with van der Waals surface area (Å²) in [5.74, 6) is 1.86. The van der Waals surface area contributed by atoms with Crippen LogP contribution in [-0.4, -0.2) is 36.0 Å². The zero-order valence-corrected chi connectivity index (χ0v) is 21.8. The van der Waals surface area contributed by atoms with Crippen LogP contribution >= 0.6 is 24.0 Å². The van der Waals surface area contributed by atoms with Gasteiger partial charge in [-0.1, -0.05) is 42.5 Å².